The van der Waals surface area contributed by atoms with Gasteiger partial charge in [-0.3, -0.25) is 4.79 Å². The number of Topliss-reactive ketones (excluding diaryl/α,β-unsaturated/α-hetero) is 1. The Labute approximate surface area is 160 Å². The molecule has 1 saturated heterocycles. The van der Waals surface area contributed by atoms with Crippen LogP contribution in [0.4, 0.5) is 4.79 Å². The molecule has 27 heavy (non-hydrogen) atoms. The molecule has 5 nitrogen and oxygen atoms in total. The average molecular weight is 366 g/mol. The van der Waals surface area contributed by atoms with E-state index in [1.54, 1.807) is 4.90 Å². The summed E-state index contributed by atoms with van der Waals surface area (Å²) in [4.78, 5) is 26.6. The van der Waals surface area contributed by atoms with Crippen LogP contribution >= 0.6 is 0 Å². The predicted octanol–water partition coefficient (Wildman–Crippen LogP) is 3.68. The zero-order valence-corrected chi connectivity index (χ0v) is 15.7. The molecule has 3 rings (SSSR count). The number of rotatable bonds is 6. The van der Waals surface area contributed by atoms with Crippen molar-refractivity contribution in [3.63, 3.8) is 0 Å². The molecular weight excluding hydrogens is 340 g/mol. The SMILES string of the molecule is Cc1cccc(OCCNC(=O)N2CCC(C(=O)c3ccccc3)CC2)c1. The van der Waals surface area contributed by atoms with Crippen LogP contribution in [0.2, 0.25) is 0 Å². The van der Waals surface area contributed by atoms with Gasteiger partial charge in [-0.05, 0) is 37.5 Å². The number of carbonyl (C=O) groups excluding carboxylic acids is 2. The van der Waals surface area contributed by atoms with Gasteiger partial charge in [-0.2, -0.15) is 0 Å². The number of likely N-dealkylation sites (tertiary alicyclic amines) is 1. The van der Waals surface area contributed by atoms with Crippen LogP contribution < -0.4 is 10.1 Å². The molecule has 0 saturated carbocycles. The Morgan fingerprint density at radius 1 is 1.07 bits per heavy atom. The van der Waals surface area contributed by atoms with Crippen molar-refractivity contribution in [1.29, 1.82) is 0 Å². The first kappa shape index (κ1) is 19.0. The van der Waals surface area contributed by atoms with E-state index in [4.69, 9.17) is 4.74 Å². The lowest BCUT2D eigenvalue weighted by molar-refractivity contribution is 0.0854. The first-order valence-electron chi connectivity index (χ1n) is 9.45. The van der Waals surface area contributed by atoms with Crippen molar-refractivity contribution in [2.75, 3.05) is 26.2 Å². The number of piperidine rings is 1. The third-order valence-corrected chi connectivity index (χ3v) is 4.85. The number of hydrogen-bond acceptors (Lipinski definition) is 3. The van der Waals surface area contributed by atoms with Gasteiger partial charge in [-0.15, -0.1) is 0 Å². The summed E-state index contributed by atoms with van der Waals surface area (Å²) >= 11 is 0. The van der Waals surface area contributed by atoms with Crippen LogP contribution in [0.5, 0.6) is 5.75 Å². The largest absolute Gasteiger partial charge is 0.492 e. The summed E-state index contributed by atoms with van der Waals surface area (Å²) in [6.07, 6.45) is 1.42. The quantitative estimate of drug-likeness (QED) is 0.627. The number of nitrogens with zero attached hydrogens (tertiary/aromatic N) is 1. The first-order valence-corrected chi connectivity index (χ1v) is 9.45. The van der Waals surface area contributed by atoms with Gasteiger partial charge in [-0.1, -0.05) is 42.5 Å². The van der Waals surface area contributed by atoms with E-state index in [9.17, 15) is 9.59 Å². The van der Waals surface area contributed by atoms with Crippen LogP contribution in [-0.2, 0) is 0 Å². The van der Waals surface area contributed by atoms with Crippen LogP contribution in [0.1, 0.15) is 28.8 Å². The summed E-state index contributed by atoms with van der Waals surface area (Å²) in [6, 6.07) is 17.1. The van der Waals surface area contributed by atoms with Crippen LogP contribution in [0.15, 0.2) is 54.6 Å². The molecule has 2 amide bonds. The van der Waals surface area contributed by atoms with Gasteiger partial charge in [0.25, 0.3) is 0 Å². The Balaban J connectivity index is 1.38. The first-order chi connectivity index (χ1) is 13.1. The second-order valence-electron chi connectivity index (χ2n) is 6.89. The monoisotopic (exact) mass is 366 g/mol. The van der Waals surface area contributed by atoms with E-state index in [0.29, 0.717) is 39.1 Å². The molecule has 2 aromatic rings. The van der Waals surface area contributed by atoms with Gasteiger partial charge in [-0.25, -0.2) is 4.79 Å². The Kier molecular flexibility index (Phi) is 6.47. The lowest BCUT2D eigenvalue weighted by Gasteiger charge is -2.31. The van der Waals surface area contributed by atoms with E-state index in [1.807, 2.05) is 61.5 Å². The van der Waals surface area contributed by atoms with E-state index in [-0.39, 0.29) is 17.7 Å². The molecule has 0 aromatic heterocycles. The number of amides is 2. The number of urea groups is 1. The van der Waals surface area contributed by atoms with E-state index in [2.05, 4.69) is 5.32 Å². The molecule has 2 aromatic carbocycles. The van der Waals surface area contributed by atoms with E-state index in [1.165, 1.54) is 0 Å². The maximum Gasteiger partial charge on any atom is 0.317 e. The maximum absolute atomic E-state index is 12.5. The third kappa shape index (κ3) is 5.33. The molecule has 1 fully saturated rings. The molecule has 142 valence electrons. The molecule has 0 unspecified atom stereocenters. The smallest absolute Gasteiger partial charge is 0.317 e. The minimum absolute atomic E-state index is 0.00102. The molecule has 0 spiro atoms. The van der Waals surface area contributed by atoms with Crippen LogP contribution in [0, 0.1) is 12.8 Å². The van der Waals surface area contributed by atoms with Gasteiger partial charge in [0, 0.05) is 24.6 Å². The van der Waals surface area contributed by atoms with Gasteiger partial charge in [0.05, 0.1) is 6.54 Å². The number of carbonyl (C=O) groups is 2. The topological polar surface area (TPSA) is 58.6 Å². The minimum Gasteiger partial charge on any atom is -0.492 e. The molecule has 0 atom stereocenters. The van der Waals surface area contributed by atoms with Crippen molar-refractivity contribution in [1.82, 2.24) is 10.2 Å². The Morgan fingerprint density at radius 2 is 1.81 bits per heavy atom. The lowest BCUT2D eigenvalue weighted by Crippen LogP contribution is -2.46. The number of aryl methyl sites for hydroxylation is 1. The molecule has 0 aliphatic carbocycles. The molecular formula is C22H26N2O3. The summed E-state index contributed by atoms with van der Waals surface area (Å²) < 4.78 is 5.64. The summed E-state index contributed by atoms with van der Waals surface area (Å²) in [5, 5.41) is 2.89. The zero-order chi connectivity index (χ0) is 19.1. The average Bonchev–Trinajstić information content (AvgIpc) is 2.71. The Morgan fingerprint density at radius 3 is 2.52 bits per heavy atom. The highest BCUT2D eigenvalue weighted by atomic mass is 16.5. The van der Waals surface area contributed by atoms with Crippen molar-refractivity contribution < 1.29 is 14.3 Å². The normalized spacial score (nSPS) is 14.6. The predicted molar refractivity (Wildman–Crippen MR) is 105 cm³/mol. The number of nitrogens with one attached hydrogen (secondary N) is 1. The highest BCUT2D eigenvalue weighted by Crippen LogP contribution is 2.21. The highest BCUT2D eigenvalue weighted by molar-refractivity contribution is 5.97. The minimum atomic E-state index is -0.0894. The van der Waals surface area contributed by atoms with Crippen molar-refractivity contribution >= 4 is 11.8 Å². The van der Waals surface area contributed by atoms with Gasteiger partial charge in [0.1, 0.15) is 12.4 Å². The summed E-state index contributed by atoms with van der Waals surface area (Å²) in [6.45, 7) is 4.11. The Hall–Kier alpha value is -2.82. The fourth-order valence-corrected chi connectivity index (χ4v) is 3.33. The summed E-state index contributed by atoms with van der Waals surface area (Å²) in [5.74, 6) is 0.993. The molecule has 0 radical (unpaired) electrons. The standard InChI is InChI=1S/C22H26N2O3/c1-17-6-5-9-20(16-17)27-15-12-23-22(26)24-13-10-19(11-14-24)21(25)18-7-3-2-4-8-18/h2-9,16,19H,10-15H2,1H3,(H,23,26). The van der Waals surface area contributed by atoms with Crippen molar-refractivity contribution in [2.45, 2.75) is 19.8 Å². The van der Waals surface area contributed by atoms with Crippen LogP contribution in [0.3, 0.4) is 0 Å². The fourth-order valence-electron chi connectivity index (χ4n) is 3.33. The highest BCUT2D eigenvalue weighted by Gasteiger charge is 2.27. The van der Waals surface area contributed by atoms with E-state index in [0.717, 1.165) is 16.9 Å². The van der Waals surface area contributed by atoms with Crippen LogP contribution in [-0.4, -0.2) is 43.0 Å². The zero-order valence-electron chi connectivity index (χ0n) is 15.7. The van der Waals surface area contributed by atoms with Gasteiger partial charge < -0.3 is 15.0 Å². The second-order valence-corrected chi connectivity index (χ2v) is 6.89. The third-order valence-electron chi connectivity index (χ3n) is 4.85. The number of ketones is 1. The fraction of sp³-hybridized carbons (Fsp3) is 0.364. The lowest BCUT2D eigenvalue weighted by atomic mass is 9.89. The molecule has 0 bridgehead atoms. The van der Waals surface area contributed by atoms with Gasteiger partial charge >= 0.3 is 6.03 Å². The van der Waals surface area contributed by atoms with Crippen molar-refractivity contribution in [3.8, 4) is 5.75 Å². The van der Waals surface area contributed by atoms with Gasteiger partial charge in [0.2, 0.25) is 0 Å². The molecule has 1 aliphatic rings. The van der Waals surface area contributed by atoms with Crippen molar-refractivity contribution in [3.05, 3.63) is 65.7 Å². The number of benzene rings is 2. The maximum atomic E-state index is 12.5. The van der Waals surface area contributed by atoms with Gasteiger partial charge in [0.15, 0.2) is 5.78 Å². The summed E-state index contributed by atoms with van der Waals surface area (Å²) in [5.41, 5.74) is 1.90. The molecule has 1 N–H and O–H groups in total. The molecule has 5 heteroatoms. The van der Waals surface area contributed by atoms with Crippen molar-refractivity contribution in [2.24, 2.45) is 5.92 Å². The summed E-state index contributed by atoms with van der Waals surface area (Å²) in [7, 11) is 0. The number of hydrogen-bond donors (Lipinski definition) is 1. The Bertz CT molecular complexity index is 768. The molecule has 1 aliphatic heterocycles. The number of ether oxygens (including phenoxy) is 1. The van der Waals surface area contributed by atoms with E-state index < -0.39 is 0 Å². The van der Waals surface area contributed by atoms with Crippen LogP contribution in [0.25, 0.3) is 0 Å². The second kappa shape index (κ2) is 9.21. The van der Waals surface area contributed by atoms with E-state index >= 15 is 0 Å². The molecule has 1 heterocycles.